The highest BCUT2D eigenvalue weighted by Gasteiger charge is 2.12. The van der Waals surface area contributed by atoms with Crippen molar-refractivity contribution in [1.82, 2.24) is 9.59 Å². The fourth-order valence-corrected chi connectivity index (χ4v) is 1.55. The molecule has 0 saturated heterocycles. The van der Waals surface area contributed by atoms with Gasteiger partial charge < -0.3 is 5.11 Å². The molecule has 0 bridgehead atoms. The van der Waals surface area contributed by atoms with Gasteiger partial charge in [0.25, 0.3) is 0 Å². The number of aromatic nitrogens is 2. The van der Waals surface area contributed by atoms with Crippen LogP contribution in [0.2, 0.25) is 0 Å². The second-order valence-electron chi connectivity index (χ2n) is 1.49. The van der Waals surface area contributed by atoms with E-state index in [0.717, 1.165) is 11.5 Å². The first kappa shape index (κ1) is 7.62. The highest BCUT2D eigenvalue weighted by molar-refractivity contribution is 9.08. The Morgan fingerprint density at radius 2 is 2.50 bits per heavy atom. The lowest BCUT2D eigenvalue weighted by Gasteiger charge is -1.86. The Morgan fingerprint density at radius 3 is 2.90 bits per heavy atom. The first-order valence-corrected chi connectivity index (χ1v) is 4.25. The molecule has 1 heterocycles. The first-order chi connectivity index (χ1) is 4.75. The number of rotatable bonds is 2. The van der Waals surface area contributed by atoms with Gasteiger partial charge in [-0.25, -0.2) is 4.79 Å². The van der Waals surface area contributed by atoms with Crippen LogP contribution in [-0.2, 0) is 5.33 Å². The summed E-state index contributed by atoms with van der Waals surface area (Å²) in [5.41, 5.74) is 0.484. The highest BCUT2D eigenvalue weighted by atomic mass is 79.9. The van der Waals surface area contributed by atoms with Gasteiger partial charge in [0.2, 0.25) is 0 Å². The molecule has 0 aromatic carbocycles. The Kier molecular flexibility index (Phi) is 2.34. The zero-order valence-corrected chi connectivity index (χ0v) is 7.15. The topological polar surface area (TPSA) is 63.1 Å². The van der Waals surface area contributed by atoms with E-state index in [1.807, 2.05) is 0 Å². The Morgan fingerprint density at radius 1 is 1.80 bits per heavy atom. The van der Waals surface area contributed by atoms with E-state index in [4.69, 9.17) is 5.11 Å². The van der Waals surface area contributed by atoms with Crippen LogP contribution in [0.1, 0.15) is 15.4 Å². The number of carboxylic acid groups (broad SMARTS) is 1. The summed E-state index contributed by atoms with van der Waals surface area (Å²) in [6.45, 7) is 0. The van der Waals surface area contributed by atoms with Crippen LogP contribution in [-0.4, -0.2) is 20.7 Å². The second-order valence-corrected chi connectivity index (χ2v) is 2.80. The smallest absolute Gasteiger partial charge is 0.349 e. The molecule has 0 saturated carbocycles. The van der Waals surface area contributed by atoms with E-state index in [-0.39, 0.29) is 4.88 Å². The molecule has 0 amide bonds. The molecular weight excluding hydrogens is 220 g/mol. The van der Waals surface area contributed by atoms with Crippen LogP contribution in [0.4, 0.5) is 0 Å². The number of aromatic carboxylic acids is 1. The molecule has 0 aliphatic heterocycles. The zero-order valence-electron chi connectivity index (χ0n) is 4.74. The van der Waals surface area contributed by atoms with Crippen LogP contribution in [0.3, 0.4) is 0 Å². The van der Waals surface area contributed by atoms with Crippen molar-refractivity contribution in [2.24, 2.45) is 0 Å². The molecule has 10 heavy (non-hydrogen) atoms. The average molecular weight is 223 g/mol. The van der Waals surface area contributed by atoms with Crippen LogP contribution in [0.25, 0.3) is 0 Å². The normalized spacial score (nSPS) is 9.70. The van der Waals surface area contributed by atoms with E-state index < -0.39 is 5.97 Å². The third kappa shape index (κ3) is 1.32. The van der Waals surface area contributed by atoms with Gasteiger partial charge in [-0.15, -0.1) is 5.10 Å². The lowest BCUT2D eigenvalue weighted by Crippen LogP contribution is -1.96. The van der Waals surface area contributed by atoms with E-state index in [1.54, 1.807) is 0 Å². The second kappa shape index (κ2) is 3.07. The molecule has 0 aliphatic carbocycles. The van der Waals surface area contributed by atoms with Gasteiger partial charge in [0, 0.05) is 5.33 Å². The molecule has 6 heteroatoms. The minimum absolute atomic E-state index is 0.205. The Bertz CT molecular complexity index is 249. The van der Waals surface area contributed by atoms with Crippen molar-refractivity contribution in [2.75, 3.05) is 0 Å². The van der Waals surface area contributed by atoms with Gasteiger partial charge in [0.05, 0.1) is 0 Å². The molecule has 1 aromatic rings. The highest BCUT2D eigenvalue weighted by Crippen LogP contribution is 2.12. The number of hydrogen-bond acceptors (Lipinski definition) is 4. The molecule has 4 nitrogen and oxygen atoms in total. The van der Waals surface area contributed by atoms with Crippen molar-refractivity contribution < 1.29 is 9.90 Å². The van der Waals surface area contributed by atoms with Crippen molar-refractivity contribution in [3.63, 3.8) is 0 Å². The van der Waals surface area contributed by atoms with Gasteiger partial charge in [0.15, 0.2) is 4.88 Å². The SMILES string of the molecule is O=C(O)c1snnc1CBr. The molecule has 0 radical (unpaired) electrons. The zero-order chi connectivity index (χ0) is 7.56. The Balaban J connectivity index is 3.01. The van der Waals surface area contributed by atoms with E-state index in [9.17, 15) is 4.79 Å². The van der Waals surface area contributed by atoms with Crippen molar-refractivity contribution in [3.05, 3.63) is 10.6 Å². The summed E-state index contributed by atoms with van der Waals surface area (Å²) in [5.74, 6) is -0.968. The molecule has 0 spiro atoms. The largest absolute Gasteiger partial charge is 0.477 e. The van der Waals surface area contributed by atoms with Gasteiger partial charge in [-0.3, -0.25) is 0 Å². The van der Waals surface area contributed by atoms with Gasteiger partial charge in [-0.2, -0.15) is 0 Å². The number of hydrogen-bond donors (Lipinski definition) is 1. The first-order valence-electron chi connectivity index (χ1n) is 2.36. The number of nitrogens with zero attached hydrogens (tertiary/aromatic N) is 2. The van der Waals surface area contributed by atoms with Crippen molar-refractivity contribution >= 4 is 33.4 Å². The maximum Gasteiger partial charge on any atom is 0.349 e. The fourth-order valence-electron chi connectivity index (χ4n) is 0.459. The third-order valence-corrected chi connectivity index (χ3v) is 2.16. The molecular formula is C4H3BrN2O2S. The predicted octanol–water partition coefficient (Wildman–Crippen LogP) is 1.13. The number of alkyl halides is 1. The summed E-state index contributed by atoms with van der Waals surface area (Å²) in [6, 6.07) is 0. The minimum Gasteiger partial charge on any atom is -0.477 e. The Labute approximate surface area is 69.2 Å². The van der Waals surface area contributed by atoms with E-state index in [0.29, 0.717) is 11.0 Å². The summed E-state index contributed by atoms with van der Waals surface area (Å²) >= 11 is 3.99. The van der Waals surface area contributed by atoms with Gasteiger partial charge in [-0.05, 0) is 11.5 Å². The van der Waals surface area contributed by atoms with Crippen LogP contribution < -0.4 is 0 Å². The molecule has 0 atom stereocenters. The van der Waals surface area contributed by atoms with Crippen LogP contribution in [0.5, 0.6) is 0 Å². The third-order valence-electron chi connectivity index (χ3n) is 0.877. The quantitative estimate of drug-likeness (QED) is 0.763. The lowest BCUT2D eigenvalue weighted by molar-refractivity contribution is 0.0701. The van der Waals surface area contributed by atoms with Crippen LogP contribution in [0, 0.1) is 0 Å². The van der Waals surface area contributed by atoms with Gasteiger partial charge in [0.1, 0.15) is 5.69 Å². The lowest BCUT2D eigenvalue weighted by atomic mass is 10.4. The van der Waals surface area contributed by atoms with Crippen molar-refractivity contribution in [1.29, 1.82) is 0 Å². The molecule has 1 aromatic heterocycles. The maximum atomic E-state index is 10.4. The number of carboxylic acids is 1. The summed E-state index contributed by atoms with van der Waals surface area (Å²) in [4.78, 5) is 10.6. The van der Waals surface area contributed by atoms with Gasteiger partial charge in [-0.1, -0.05) is 20.4 Å². The molecule has 54 valence electrons. The summed E-state index contributed by atoms with van der Waals surface area (Å²) in [6.07, 6.45) is 0. The number of carbonyl (C=O) groups is 1. The maximum absolute atomic E-state index is 10.4. The Hall–Kier alpha value is -0.490. The van der Waals surface area contributed by atoms with Crippen LogP contribution >= 0.6 is 27.5 Å². The van der Waals surface area contributed by atoms with Crippen molar-refractivity contribution in [3.8, 4) is 0 Å². The molecule has 0 aliphatic rings. The summed E-state index contributed by atoms with van der Waals surface area (Å²) in [5, 5.41) is 12.5. The summed E-state index contributed by atoms with van der Waals surface area (Å²) in [7, 11) is 0. The number of halogens is 1. The standard InChI is InChI=1S/C4H3BrN2O2S/c5-1-2-3(4(8)9)10-7-6-2/h1H2,(H,8,9). The van der Waals surface area contributed by atoms with E-state index >= 15 is 0 Å². The monoisotopic (exact) mass is 222 g/mol. The van der Waals surface area contributed by atoms with Crippen LogP contribution in [0.15, 0.2) is 0 Å². The molecule has 0 unspecified atom stereocenters. The summed E-state index contributed by atoms with van der Waals surface area (Å²) < 4.78 is 3.50. The van der Waals surface area contributed by atoms with Gasteiger partial charge >= 0.3 is 5.97 Å². The van der Waals surface area contributed by atoms with E-state index in [2.05, 4.69) is 25.5 Å². The van der Waals surface area contributed by atoms with Crippen molar-refractivity contribution in [2.45, 2.75) is 5.33 Å². The molecule has 1 rings (SSSR count). The minimum atomic E-state index is -0.968. The molecule has 0 fully saturated rings. The predicted molar refractivity (Wildman–Crippen MR) is 39.5 cm³/mol. The van der Waals surface area contributed by atoms with E-state index in [1.165, 1.54) is 0 Å². The average Bonchev–Trinajstić information content (AvgIpc) is 2.33. The fraction of sp³-hybridized carbons (Fsp3) is 0.250. The molecule has 1 N–H and O–H groups in total.